The third-order valence-electron chi connectivity index (χ3n) is 1.54. The lowest BCUT2D eigenvalue weighted by atomic mass is 10.1. The van der Waals surface area contributed by atoms with Crippen LogP contribution in [0.3, 0.4) is 0 Å². The highest BCUT2D eigenvalue weighted by molar-refractivity contribution is 6.12. The molecule has 0 aliphatic rings. The number of rotatable bonds is 3. The number of Topliss-reactive ketones (excluding diaryl/α,β-unsaturated/α-hetero) is 2. The van der Waals surface area contributed by atoms with Gasteiger partial charge >= 0.3 is 0 Å². The van der Waals surface area contributed by atoms with E-state index in [1.165, 1.54) is 6.07 Å². The van der Waals surface area contributed by atoms with E-state index < -0.39 is 5.78 Å². The van der Waals surface area contributed by atoms with Gasteiger partial charge in [0.05, 0.1) is 6.42 Å². The van der Waals surface area contributed by atoms with Crippen LogP contribution >= 0.6 is 0 Å². The molecule has 3 nitrogen and oxygen atoms in total. The van der Waals surface area contributed by atoms with Crippen molar-refractivity contribution in [1.29, 1.82) is 5.26 Å². The highest BCUT2D eigenvalue weighted by Gasteiger charge is 2.09. The maximum atomic E-state index is 11.2. The van der Waals surface area contributed by atoms with Crippen molar-refractivity contribution in [3.63, 3.8) is 0 Å². The first-order valence-corrected chi connectivity index (χ1v) is 3.75. The van der Waals surface area contributed by atoms with Gasteiger partial charge in [0.1, 0.15) is 6.07 Å². The molecule has 64 valence electrons. The second-order valence-corrected chi connectivity index (χ2v) is 2.50. The zero-order valence-electron chi connectivity index (χ0n) is 6.86. The first-order valence-electron chi connectivity index (χ1n) is 3.75. The molecule has 1 aromatic carbocycles. The van der Waals surface area contributed by atoms with E-state index in [4.69, 9.17) is 5.26 Å². The van der Waals surface area contributed by atoms with Crippen molar-refractivity contribution in [3.05, 3.63) is 35.9 Å². The van der Waals surface area contributed by atoms with Crippen LogP contribution in [0.15, 0.2) is 30.3 Å². The molecule has 13 heavy (non-hydrogen) atoms. The Morgan fingerprint density at radius 3 is 2.38 bits per heavy atom. The van der Waals surface area contributed by atoms with Gasteiger partial charge in [-0.05, 0) is 0 Å². The Morgan fingerprint density at radius 1 is 1.23 bits per heavy atom. The van der Waals surface area contributed by atoms with Crippen molar-refractivity contribution in [2.45, 2.75) is 6.42 Å². The van der Waals surface area contributed by atoms with E-state index in [2.05, 4.69) is 0 Å². The van der Waals surface area contributed by atoms with Crippen LogP contribution in [0.1, 0.15) is 16.8 Å². The van der Waals surface area contributed by atoms with E-state index in [-0.39, 0.29) is 12.2 Å². The van der Waals surface area contributed by atoms with E-state index >= 15 is 0 Å². The minimum absolute atomic E-state index is 0.313. The zero-order chi connectivity index (χ0) is 9.68. The predicted octanol–water partition coefficient (Wildman–Crippen LogP) is 1.35. The molecule has 0 unspecified atom stereocenters. The molecule has 0 saturated heterocycles. The molecule has 0 aromatic heterocycles. The van der Waals surface area contributed by atoms with Gasteiger partial charge in [0, 0.05) is 5.56 Å². The summed E-state index contributed by atoms with van der Waals surface area (Å²) in [5, 5.41) is 8.18. The van der Waals surface area contributed by atoms with Gasteiger partial charge in [0.25, 0.3) is 0 Å². The Balaban J connectivity index is 2.71. The quantitative estimate of drug-likeness (QED) is 0.394. The van der Waals surface area contributed by atoms with Crippen molar-refractivity contribution in [2.24, 2.45) is 0 Å². The first kappa shape index (κ1) is 9.14. The topological polar surface area (TPSA) is 57.9 Å². The minimum atomic E-state index is -0.700. The molecule has 0 saturated carbocycles. The van der Waals surface area contributed by atoms with Gasteiger partial charge in [0.15, 0.2) is 5.78 Å². The highest BCUT2D eigenvalue weighted by atomic mass is 16.1. The molecule has 0 fully saturated rings. The number of ketones is 2. The number of nitrogens with zero attached hydrogens (tertiary/aromatic N) is 1. The summed E-state index contributed by atoms with van der Waals surface area (Å²) >= 11 is 0. The Kier molecular flexibility index (Phi) is 2.93. The molecule has 0 spiro atoms. The molecule has 0 atom stereocenters. The van der Waals surface area contributed by atoms with Gasteiger partial charge in [-0.1, -0.05) is 30.3 Å². The largest absolute Gasteiger partial charge is 0.294 e. The van der Waals surface area contributed by atoms with E-state index in [0.29, 0.717) is 5.56 Å². The lowest BCUT2D eigenvalue weighted by molar-refractivity contribution is -0.113. The van der Waals surface area contributed by atoms with Gasteiger partial charge in [-0.2, -0.15) is 5.26 Å². The van der Waals surface area contributed by atoms with Gasteiger partial charge in [-0.3, -0.25) is 9.59 Å². The molecule has 1 rings (SSSR count). The lowest BCUT2D eigenvalue weighted by Crippen LogP contribution is -2.05. The number of nitriles is 1. The first-order chi connectivity index (χ1) is 6.24. The molecule has 0 aliphatic heterocycles. The number of hydrogen-bond acceptors (Lipinski definition) is 3. The minimum Gasteiger partial charge on any atom is -0.294 e. The lowest BCUT2D eigenvalue weighted by Gasteiger charge is -1.94. The summed E-state index contributed by atoms with van der Waals surface area (Å²) in [7, 11) is 0. The van der Waals surface area contributed by atoms with Crippen LogP contribution in [0, 0.1) is 11.3 Å². The third kappa shape index (κ3) is 2.53. The third-order valence-corrected chi connectivity index (χ3v) is 1.54. The Labute approximate surface area is 75.6 Å². The van der Waals surface area contributed by atoms with Crippen LogP contribution in [0.4, 0.5) is 0 Å². The molecule has 3 heteroatoms. The van der Waals surface area contributed by atoms with Crippen LogP contribution in [0.2, 0.25) is 0 Å². The van der Waals surface area contributed by atoms with Crippen LogP contribution < -0.4 is 0 Å². The normalized spacial score (nSPS) is 8.85. The summed E-state index contributed by atoms with van der Waals surface area (Å²) in [6, 6.07) is 9.85. The average Bonchev–Trinajstić information content (AvgIpc) is 2.19. The maximum Gasteiger partial charge on any atom is 0.239 e. The molecule has 0 bridgehead atoms. The van der Waals surface area contributed by atoms with Gasteiger partial charge < -0.3 is 0 Å². The van der Waals surface area contributed by atoms with E-state index in [0.717, 1.165) is 0 Å². The molecular weight excluding hydrogens is 166 g/mol. The Hall–Kier alpha value is -1.95. The summed E-state index contributed by atoms with van der Waals surface area (Å²) in [4.78, 5) is 21.9. The van der Waals surface area contributed by atoms with Crippen LogP contribution in [0.5, 0.6) is 0 Å². The van der Waals surface area contributed by atoms with Crippen molar-refractivity contribution >= 4 is 11.6 Å². The summed E-state index contributed by atoms with van der Waals surface area (Å²) < 4.78 is 0. The average molecular weight is 173 g/mol. The van der Waals surface area contributed by atoms with E-state index in [9.17, 15) is 9.59 Å². The predicted molar refractivity (Wildman–Crippen MR) is 46.0 cm³/mol. The van der Waals surface area contributed by atoms with Gasteiger partial charge in [0.2, 0.25) is 5.78 Å². The molecule has 1 aromatic rings. The number of hydrogen-bond donors (Lipinski definition) is 0. The van der Waals surface area contributed by atoms with Gasteiger partial charge in [-0.15, -0.1) is 0 Å². The second-order valence-electron chi connectivity index (χ2n) is 2.50. The highest BCUT2D eigenvalue weighted by Crippen LogP contribution is 2.02. The van der Waals surface area contributed by atoms with Crippen molar-refractivity contribution in [1.82, 2.24) is 0 Å². The Bertz CT molecular complexity index is 362. The van der Waals surface area contributed by atoms with E-state index in [1.54, 1.807) is 30.3 Å². The molecule has 0 N–H and O–H groups in total. The number of benzene rings is 1. The van der Waals surface area contributed by atoms with Gasteiger partial charge in [-0.25, -0.2) is 0 Å². The summed E-state index contributed by atoms with van der Waals surface area (Å²) in [5.41, 5.74) is 0.464. The fourth-order valence-corrected chi connectivity index (χ4v) is 0.911. The van der Waals surface area contributed by atoms with Crippen LogP contribution in [-0.2, 0) is 4.79 Å². The molecule has 0 aliphatic carbocycles. The molecule has 0 radical (unpaired) electrons. The number of carbonyl (C=O) groups excluding carboxylic acids is 2. The van der Waals surface area contributed by atoms with Crippen molar-refractivity contribution < 1.29 is 9.59 Å². The maximum absolute atomic E-state index is 11.2. The fourth-order valence-electron chi connectivity index (χ4n) is 0.911. The summed E-state index contributed by atoms with van der Waals surface area (Å²) in [6.07, 6.45) is -0.333. The van der Waals surface area contributed by atoms with Crippen LogP contribution in [0.25, 0.3) is 0 Å². The fraction of sp³-hybridized carbons (Fsp3) is 0.100. The molecule has 0 amide bonds. The monoisotopic (exact) mass is 173 g/mol. The van der Waals surface area contributed by atoms with Crippen molar-refractivity contribution in [2.75, 3.05) is 0 Å². The summed E-state index contributed by atoms with van der Waals surface area (Å²) in [6.45, 7) is 0. The number of carbonyl (C=O) groups is 2. The second kappa shape index (κ2) is 4.17. The standard InChI is InChI=1S/C10H7NO2/c11-7-9(12)6-10(13)8-4-2-1-3-5-8/h1-5H,6H2. The molecular formula is C10H7NO2. The van der Waals surface area contributed by atoms with E-state index in [1.807, 2.05) is 0 Å². The zero-order valence-corrected chi connectivity index (χ0v) is 6.86. The van der Waals surface area contributed by atoms with Crippen molar-refractivity contribution in [3.8, 4) is 6.07 Å². The smallest absolute Gasteiger partial charge is 0.239 e. The SMILES string of the molecule is N#CC(=O)CC(=O)c1ccccc1. The Morgan fingerprint density at radius 2 is 1.85 bits per heavy atom. The van der Waals surface area contributed by atoms with Crippen LogP contribution in [-0.4, -0.2) is 11.6 Å². The molecule has 0 heterocycles. The summed E-state index contributed by atoms with van der Waals surface area (Å²) in [5.74, 6) is -1.01.